The van der Waals surface area contributed by atoms with Gasteiger partial charge in [-0.3, -0.25) is 9.59 Å². The summed E-state index contributed by atoms with van der Waals surface area (Å²) in [7, 11) is 0. The molecular weight excluding hydrogens is 406 g/mol. The Labute approximate surface area is 182 Å². The predicted octanol–water partition coefficient (Wildman–Crippen LogP) is 3.43. The third-order valence-electron chi connectivity index (χ3n) is 5.50. The van der Waals surface area contributed by atoms with E-state index >= 15 is 0 Å². The molecule has 0 aliphatic carbocycles. The van der Waals surface area contributed by atoms with Crippen molar-refractivity contribution in [2.24, 2.45) is 0 Å². The lowest BCUT2D eigenvalue weighted by Crippen LogP contribution is -2.45. The molecule has 3 amide bonds. The standard InChI is InChI=1S/C22H30ClN3O4/c1-21(2,3)30-20(29)25-10-6-9-24(11-12-25)18(27)14-26-17-8-7-15(23)13-16(17)22(4,5)19(26)28/h7-8,13H,6,9-12,14H2,1-5H3. The van der Waals surface area contributed by atoms with E-state index in [1.54, 1.807) is 32.9 Å². The van der Waals surface area contributed by atoms with Gasteiger partial charge < -0.3 is 19.4 Å². The van der Waals surface area contributed by atoms with Gasteiger partial charge in [0, 0.05) is 36.9 Å². The van der Waals surface area contributed by atoms with E-state index in [4.69, 9.17) is 16.3 Å². The van der Waals surface area contributed by atoms with Crippen molar-refractivity contribution in [3.63, 3.8) is 0 Å². The van der Waals surface area contributed by atoms with E-state index in [0.29, 0.717) is 37.6 Å². The number of hydrogen-bond donors (Lipinski definition) is 0. The van der Waals surface area contributed by atoms with Crippen LogP contribution in [0.1, 0.15) is 46.6 Å². The van der Waals surface area contributed by atoms with E-state index in [1.165, 1.54) is 0 Å². The molecule has 1 saturated heterocycles. The van der Waals surface area contributed by atoms with Gasteiger partial charge in [-0.1, -0.05) is 11.6 Å². The molecule has 0 atom stereocenters. The van der Waals surface area contributed by atoms with E-state index in [9.17, 15) is 14.4 Å². The van der Waals surface area contributed by atoms with Crippen LogP contribution in [0.4, 0.5) is 10.5 Å². The van der Waals surface area contributed by atoms with Gasteiger partial charge in [-0.2, -0.15) is 0 Å². The third kappa shape index (κ3) is 4.56. The normalized spacial score (nSPS) is 18.9. The van der Waals surface area contributed by atoms with Gasteiger partial charge in [0.2, 0.25) is 11.8 Å². The summed E-state index contributed by atoms with van der Waals surface area (Å²) in [5.41, 5.74) is 0.276. The highest BCUT2D eigenvalue weighted by Crippen LogP contribution is 2.42. The summed E-state index contributed by atoms with van der Waals surface area (Å²) in [4.78, 5) is 43.3. The number of amides is 3. The number of benzene rings is 1. The van der Waals surface area contributed by atoms with Crippen molar-refractivity contribution in [1.82, 2.24) is 9.80 Å². The molecule has 0 unspecified atom stereocenters. The number of fused-ring (bicyclic) bond motifs is 1. The molecule has 0 spiro atoms. The number of halogens is 1. The Bertz CT molecular complexity index is 862. The zero-order chi connectivity index (χ0) is 22.3. The fourth-order valence-corrected chi connectivity index (χ4v) is 4.05. The molecule has 8 heteroatoms. The van der Waals surface area contributed by atoms with E-state index in [-0.39, 0.29) is 24.5 Å². The Morgan fingerprint density at radius 2 is 1.73 bits per heavy atom. The van der Waals surface area contributed by atoms with Gasteiger partial charge in [-0.05, 0) is 64.8 Å². The smallest absolute Gasteiger partial charge is 0.410 e. The van der Waals surface area contributed by atoms with Crippen molar-refractivity contribution in [3.05, 3.63) is 28.8 Å². The van der Waals surface area contributed by atoms with Gasteiger partial charge in [0.15, 0.2) is 0 Å². The quantitative estimate of drug-likeness (QED) is 0.713. The first kappa shape index (κ1) is 22.4. The number of ether oxygens (including phenoxy) is 1. The minimum absolute atomic E-state index is 0.0245. The summed E-state index contributed by atoms with van der Waals surface area (Å²) in [6.07, 6.45) is 0.301. The van der Waals surface area contributed by atoms with Gasteiger partial charge in [-0.15, -0.1) is 0 Å². The Morgan fingerprint density at radius 3 is 2.40 bits per heavy atom. The molecule has 0 bridgehead atoms. The highest BCUT2D eigenvalue weighted by molar-refractivity contribution is 6.31. The molecule has 1 aromatic rings. The topological polar surface area (TPSA) is 70.2 Å². The Balaban J connectivity index is 1.67. The number of hydrogen-bond acceptors (Lipinski definition) is 4. The number of anilines is 1. The van der Waals surface area contributed by atoms with Crippen molar-refractivity contribution < 1.29 is 19.1 Å². The van der Waals surface area contributed by atoms with Crippen LogP contribution in [0.3, 0.4) is 0 Å². The van der Waals surface area contributed by atoms with E-state index in [2.05, 4.69) is 0 Å². The van der Waals surface area contributed by atoms with E-state index < -0.39 is 11.0 Å². The van der Waals surface area contributed by atoms with Crippen LogP contribution in [-0.2, 0) is 19.7 Å². The zero-order valence-corrected chi connectivity index (χ0v) is 19.1. The summed E-state index contributed by atoms with van der Waals surface area (Å²) in [5, 5.41) is 0.567. The molecule has 2 aliphatic rings. The van der Waals surface area contributed by atoms with Crippen LogP contribution >= 0.6 is 11.6 Å². The predicted molar refractivity (Wildman–Crippen MR) is 116 cm³/mol. The summed E-state index contributed by atoms with van der Waals surface area (Å²) >= 11 is 6.12. The summed E-state index contributed by atoms with van der Waals surface area (Å²) < 4.78 is 5.44. The molecule has 0 aromatic heterocycles. The van der Waals surface area contributed by atoms with Gasteiger partial charge in [0.25, 0.3) is 0 Å². The van der Waals surface area contributed by atoms with Crippen LogP contribution in [0.15, 0.2) is 18.2 Å². The van der Waals surface area contributed by atoms with Crippen molar-refractivity contribution in [1.29, 1.82) is 0 Å². The SMILES string of the molecule is CC(C)(C)OC(=O)N1CCCN(C(=O)CN2C(=O)C(C)(C)c3cc(Cl)ccc32)CC1. The molecule has 1 fully saturated rings. The molecule has 0 N–H and O–H groups in total. The second-order valence-corrected chi connectivity index (χ2v) is 9.82. The second-order valence-electron chi connectivity index (χ2n) is 9.38. The molecule has 30 heavy (non-hydrogen) atoms. The van der Waals surface area contributed by atoms with Crippen molar-refractivity contribution >= 4 is 35.2 Å². The molecule has 7 nitrogen and oxygen atoms in total. The van der Waals surface area contributed by atoms with Gasteiger partial charge in [-0.25, -0.2) is 4.79 Å². The lowest BCUT2D eigenvalue weighted by molar-refractivity contribution is -0.131. The highest BCUT2D eigenvalue weighted by Gasteiger charge is 2.44. The van der Waals surface area contributed by atoms with Crippen LogP contribution in [-0.4, -0.2) is 66.0 Å². The molecule has 3 rings (SSSR count). The first-order valence-corrected chi connectivity index (χ1v) is 10.7. The average molecular weight is 436 g/mol. The molecule has 164 valence electrons. The number of carbonyl (C=O) groups is 3. The average Bonchev–Trinajstić information content (AvgIpc) is 2.83. The molecule has 1 aromatic carbocycles. The maximum atomic E-state index is 13.0. The first-order chi connectivity index (χ1) is 13.9. The molecular formula is C22H30ClN3O4. The Kier molecular flexibility index (Phi) is 6.05. The minimum Gasteiger partial charge on any atom is -0.444 e. The van der Waals surface area contributed by atoms with Crippen molar-refractivity contribution in [2.45, 2.75) is 52.1 Å². The molecule has 0 radical (unpaired) electrons. The van der Waals surface area contributed by atoms with Crippen LogP contribution in [0.5, 0.6) is 0 Å². The van der Waals surface area contributed by atoms with Crippen LogP contribution in [0.2, 0.25) is 5.02 Å². The Hall–Kier alpha value is -2.28. The lowest BCUT2D eigenvalue weighted by atomic mass is 9.86. The second kappa shape index (κ2) is 8.10. The van der Waals surface area contributed by atoms with Crippen LogP contribution < -0.4 is 4.90 Å². The molecule has 2 aliphatic heterocycles. The summed E-state index contributed by atoms with van der Waals surface area (Å²) in [6, 6.07) is 5.32. The van der Waals surface area contributed by atoms with Gasteiger partial charge >= 0.3 is 6.09 Å². The minimum atomic E-state index is -0.729. The number of rotatable bonds is 2. The van der Waals surface area contributed by atoms with Crippen molar-refractivity contribution in [2.75, 3.05) is 37.6 Å². The Morgan fingerprint density at radius 1 is 1.10 bits per heavy atom. The number of nitrogens with zero attached hydrogens (tertiary/aromatic N) is 3. The van der Waals surface area contributed by atoms with E-state index in [1.807, 2.05) is 34.6 Å². The monoisotopic (exact) mass is 435 g/mol. The molecule has 2 heterocycles. The van der Waals surface area contributed by atoms with E-state index in [0.717, 1.165) is 11.3 Å². The summed E-state index contributed by atoms with van der Waals surface area (Å²) in [5.74, 6) is -0.244. The summed E-state index contributed by atoms with van der Waals surface area (Å²) in [6.45, 7) is 11.1. The largest absolute Gasteiger partial charge is 0.444 e. The fraction of sp³-hybridized carbons (Fsp3) is 0.591. The third-order valence-corrected chi connectivity index (χ3v) is 5.73. The maximum Gasteiger partial charge on any atom is 0.410 e. The fourth-order valence-electron chi connectivity index (χ4n) is 3.87. The van der Waals surface area contributed by atoms with Gasteiger partial charge in [0.1, 0.15) is 12.1 Å². The molecule has 0 saturated carbocycles. The van der Waals surface area contributed by atoms with Crippen LogP contribution in [0.25, 0.3) is 0 Å². The van der Waals surface area contributed by atoms with Crippen molar-refractivity contribution in [3.8, 4) is 0 Å². The highest BCUT2D eigenvalue weighted by atomic mass is 35.5. The first-order valence-electron chi connectivity index (χ1n) is 10.3. The van der Waals surface area contributed by atoms with Crippen LogP contribution in [0, 0.1) is 0 Å². The van der Waals surface area contributed by atoms with Gasteiger partial charge in [0.05, 0.1) is 5.41 Å². The lowest BCUT2D eigenvalue weighted by Gasteiger charge is -2.27. The zero-order valence-electron chi connectivity index (χ0n) is 18.3. The number of carbonyl (C=O) groups excluding carboxylic acids is 3. The maximum absolute atomic E-state index is 13.0.